The molecule has 2 saturated heterocycles. The number of nitrogens with zero attached hydrogens (tertiary/aromatic N) is 2. The summed E-state index contributed by atoms with van der Waals surface area (Å²) in [5.41, 5.74) is 2.86. The van der Waals surface area contributed by atoms with Crippen LogP contribution in [0.2, 0.25) is 0 Å². The molecule has 1 unspecified atom stereocenters. The number of benzene rings is 2. The van der Waals surface area contributed by atoms with Gasteiger partial charge in [0.05, 0.1) is 18.9 Å². The van der Waals surface area contributed by atoms with Crippen LogP contribution in [0.3, 0.4) is 0 Å². The van der Waals surface area contributed by atoms with Gasteiger partial charge in [-0.2, -0.15) is 0 Å². The monoisotopic (exact) mass is 353 g/mol. The van der Waals surface area contributed by atoms with E-state index in [9.17, 15) is 4.79 Å². The molecule has 2 aliphatic rings. The van der Waals surface area contributed by atoms with Gasteiger partial charge >= 0.3 is 0 Å². The summed E-state index contributed by atoms with van der Waals surface area (Å²) in [6.07, 6.45) is 0. The molecule has 0 radical (unpaired) electrons. The first-order valence-corrected chi connectivity index (χ1v) is 8.77. The molecule has 2 aromatic carbocycles. The first-order chi connectivity index (χ1) is 12.2. The smallest absolute Gasteiger partial charge is 0.260 e. The fourth-order valence-electron chi connectivity index (χ4n) is 3.23. The van der Waals surface area contributed by atoms with Crippen molar-refractivity contribution >= 4 is 34.6 Å². The molecule has 0 bridgehead atoms. The van der Waals surface area contributed by atoms with E-state index >= 15 is 0 Å². The number of hydrogen-bond donors (Lipinski definition) is 1. The van der Waals surface area contributed by atoms with Crippen LogP contribution in [-0.4, -0.2) is 37.3 Å². The Morgan fingerprint density at radius 2 is 1.64 bits per heavy atom. The summed E-state index contributed by atoms with van der Waals surface area (Å²) in [6.45, 7) is 3.30. The normalized spacial score (nSPS) is 20.7. The van der Waals surface area contributed by atoms with Gasteiger partial charge in [-0.25, -0.2) is 0 Å². The molecule has 0 aliphatic carbocycles. The van der Waals surface area contributed by atoms with Crippen molar-refractivity contribution in [3.8, 4) is 0 Å². The van der Waals surface area contributed by atoms with Crippen LogP contribution in [0.1, 0.15) is 11.6 Å². The van der Waals surface area contributed by atoms with Crippen LogP contribution < -0.4 is 15.1 Å². The molecule has 1 atom stereocenters. The molecule has 0 aromatic heterocycles. The number of carbonyl (C=O) groups is 1. The Hall–Kier alpha value is -2.44. The number of carbonyl (C=O) groups excluding carboxylic acids is 1. The van der Waals surface area contributed by atoms with Crippen molar-refractivity contribution in [2.24, 2.45) is 0 Å². The second-order valence-electron chi connectivity index (χ2n) is 6.08. The molecule has 2 heterocycles. The van der Waals surface area contributed by atoms with Crippen LogP contribution in [-0.2, 0) is 9.53 Å². The molecular weight excluding hydrogens is 334 g/mol. The van der Waals surface area contributed by atoms with Gasteiger partial charge in [-0.15, -0.1) is 0 Å². The minimum atomic E-state index is -0.438. The van der Waals surface area contributed by atoms with Gasteiger partial charge in [-0.1, -0.05) is 30.3 Å². The third-order valence-electron chi connectivity index (χ3n) is 4.56. The van der Waals surface area contributed by atoms with E-state index in [1.54, 1.807) is 4.90 Å². The first kappa shape index (κ1) is 16.1. The van der Waals surface area contributed by atoms with Gasteiger partial charge in [0.2, 0.25) is 0 Å². The summed E-state index contributed by atoms with van der Waals surface area (Å²) < 4.78 is 5.39. The van der Waals surface area contributed by atoms with E-state index in [0.717, 1.165) is 43.2 Å². The summed E-state index contributed by atoms with van der Waals surface area (Å²) in [4.78, 5) is 16.7. The lowest BCUT2D eigenvalue weighted by molar-refractivity contribution is -0.118. The van der Waals surface area contributed by atoms with E-state index in [-0.39, 0.29) is 5.91 Å². The molecule has 128 valence electrons. The lowest BCUT2D eigenvalue weighted by Crippen LogP contribution is -2.36. The highest BCUT2D eigenvalue weighted by molar-refractivity contribution is 7.80. The molecule has 2 aromatic rings. The van der Waals surface area contributed by atoms with Crippen molar-refractivity contribution in [2.75, 3.05) is 36.1 Å². The van der Waals surface area contributed by atoms with E-state index in [0.29, 0.717) is 5.11 Å². The van der Waals surface area contributed by atoms with Crippen molar-refractivity contribution < 1.29 is 9.53 Å². The molecule has 25 heavy (non-hydrogen) atoms. The number of nitrogens with one attached hydrogen (secondary N) is 1. The summed E-state index contributed by atoms with van der Waals surface area (Å²) in [6, 6.07) is 17.2. The maximum absolute atomic E-state index is 12.9. The summed E-state index contributed by atoms with van der Waals surface area (Å²) in [7, 11) is 0. The SMILES string of the molecule is O=C1C(c2ccc(N3CCOCC3)cc2)NC(=S)N1c1ccccc1. The number of anilines is 2. The lowest BCUT2D eigenvalue weighted by Gasteiger charge is -2.29. The molecule has 2 aliphatic heterocycles. The van der Waals surface area contributed by atoms with Crippen LogP contribution in [0.5, 0.6) is 0 Å². The van der Waals surface area contributed by atoms with Gasteiger partial charge in [0.25, 0.3) is 5.91 Å². The van der Waals surface area contributed by atoms with Crippen LogP contribution in [0, 0.1) is 0 Å². The average molecular weight is 353 g/mol. The van der Waals surface area contributed by atoms with Gasteiger partial charge in [0.15, 0.2) is 5.11 Å². The van der Waals surface area contributed by atoms with Gasteiger partial charge < -0.3 is 15.0 Å². The van der Waals surface area contributed by atoms with E-state index in [2.05, 4.69) is 22.3 Å². The standard InChI is InChI=1S/C19H19N3O2S/c23-18-17(20-19(25)22(18)16-4-2-1-3-5-16)14-6-8-15(9-7-14)21-10-12-24-13-11-21/h1-9,17H,10-13H2,(H,20,25). The predicted octanol–water partition coefficient (Wildman–Crippen LogP) is 2.49. The molecular formula is C19H19N3O2S. The fraction of sp³-hybridized carbons (Fsp3) is 0.263. The Labute approximate surface area is 152 Å². The topological polar surface area (TPSA) is 44.8 Å². The Morgan fingerprint density at radius 1 is 0.960 bits per heavy atom. The maximum atomic E-state index is 12.9. The molecule has 6 heteroatoms. The molecule has 0 saturated carbocycles. The second kappa shape index (κ2) is 6.82. The Morgan fingerprint density at radius 3 is 2.32 bits per heavy atom. The van der Waals surface area contributed by atoms with E-state index < -0.39 is 6.04 Å². The Balaban J connectivity index is 1.54. The number of hydrogen-bond acceptors (Lipinski definition) is 4. The molecule has 0 spiro atoms. The number of thiocarbonyl (C=S) groups is 1. The van der Waals surface area contributed by atoms with Crippen molar-refractivity contribution in [3.63, 3.8) is 0 Å². The summed E-state index contributed by atoms with van der Waals surface area (Å²) >= 11 is 5.38. The number of rotatable bonds is 3. The minimum Gasteiger partial charge on any atom is -0.378 e. The number of ether oxygens (including phenoxy) is 1. The van der Waals surface area contributed by atoms with E-state index in [1.807, 2.05) is 42.5 Å². The van der Waals surface area contributed by atoms with Gasteiger partial charge in [0.1, 0.15) is 6.04 Å². The quantitative estimate of drug-likeness (QED) is 0.859. The summed E-state index contributed by atoms with van der Waals surface area (Å²) in [5, 5.41) is 3.58. The first-order valence-electron chi connectivity index (χ1n) is 8.36. The van der Waals surface area contributed by atoms with Gasteiger partial charge in [-0.05, 0) is 42.0 Å². The van der Waals surface area contributed by atoms with Crippen molar-refractivity contribution in [2.45, 2.75) is 6.04 Å². The zero-order valence-electron chi connectivity index (χ0n) is 13.7. The fourth-order valence-corrected chi connectivity index (χ4v) is 3.54. The third kappa shape index (κ3) is 3.10. The molecule has 2 fully saturated rings. The minimum absolute atomic E-state index is 0.0460. The van der Waals surface area contributed by atoms with Gasteiger partial charge in [0, 0.05) is 18.8 Å². The van der Waals surface area contributed by atoms with Crippen LogP contribution in [0.4, 0.5) is 11.4 Å². The van der Waals surface area contributed by atoms with Crippen LogP contribution in [0.15, 0.2) is 54.6 Å². The highest BCUT2D eigenvalue weighted by atomic mass is 32.1. The zero-order chi connectivity index (χ0) is 17.2. The van der Waals surface area contributed by atoms with E-state index in [4.69, 9.17) is 17.0 Å². The summed E-state index contributed by atoms with van der Waals surface area (Å²) in [5.74, 6) is -0.0460. The molecule has 5 nitrogen and oxygen atoms in total. The predicted molar refractivity (Wildman–Crippen MR) is 102 cm³/mol. The third-order valence-corrected chi connectivity index (χ3v) is 4.86. The van der Waals surface area contributed by atoms with Crippen molar-refractivity contribution in [1.29, 1.82) is 0 Å². The number of amides is 1. The lowest BCUT2D eigenvalue weighted by atomic mass is 10.1. The number of para-hydroxylation sites is 1. The highest BCUT2D eigenvalue weighted by Gasteiger charge is 2.37. The largest absolute Gasteiger partial charge is 0.378 e. The maximum Gasteiger partial charge on any atom is 0.260 e. The zero-order valence-corrected chi connectivity index (χ0v) is 14.5. The van der Waals surface area contributed by atoms with E-state index in [1.165, 1.54) is 0 Å². The Bertz CT molecular complexity index is 773. The molecule has 1 N–H and O–H groups in total. The molecule has 4 rings (SSSR count). The van der Waals surface area contributed by atoms with Gasteiger partial charge in [-0.3, -0.25) is 9.69 Å². The second-order valence-corrected chi connectivity index (χ2v) is 6.47. The Kier molecular flexibility index (Phi) is 4.38. The number of morpholine rings is 1. The molecule has 1 amide bonds. The van der Waals surface area contributed by atoms with Crippen molar-refractivity contribution in [3.05, 3.63) is 60.2 Å². The van der Waals surface area contributed by atoms with Crippen LogP contribution >= 0.6 is 12.2 Å². The average Bonchev–Trinajstić information content (AvgIpc) is 2.97. The van der Waals surface area contributed by atoms with Crippen molar-refractivity contribution in [1.82, 2.24) is 5.32 Å². The highest BCUT2D eigenvalue weighted by Crippen LogP contribution is 2.28. The van der Waals surface area contributed by atoms with Crippen LogP contribution in [0.25, 0.3) is 0 Å².